The molecule has 0 N–H and O–H groups in total. The van der Waals surface area contributed by atoms with Crippen LogP contribution >= 0.6 is 11.3 Å². The molecular formula is C15H12N2OS. The Morgan fingerprint density at radius 1 is 1.26 bits per heavy atom. The molecule has 0 aliphatic carbocycles. The van der Waals surface area contributed by atoms with Crippen molar-refractivity contribution in [2.45, 2.75) is 6.92 Å². The molecule has 0 bridgehead atoms. The van der Waals surface area contributed by atoms with Gasteiger partial charge in [-0.2, -0.15) is 0 Å². The van der Waals surface area contributed by atoms with Crippen LogP contribution in [-0.4, -0.2) is 15.8 Å². The molecule has 0 aliphatic rings. The topological polar surface area (TPSA) is 34.9 Å². The lowest BCUT2D eigenvalue weighted by molar-refractivity contribution is 0.111. The average Bonchev–Trinajstić information content (AvgIpc) is 3.07. The van der Waals surface area contributed by atoms with Gasteiger partial charge in [-0.05, 0) is 25.1 Å². The van der Waals surface area contributed by atoms with Gasteiger partial charge < -0.3 is 0 Å². The maximum Gasteiger partial charge on any atom is 0.194 e. The molecule has 3 aromatic rings. The summed E-state index contributed by atoms with van der Waals surface area (Å²) in [6.45, 7) is 2.06. The zero-order valence-electron chi connectivity index (χ0n) is 10.4. The van der Waals surface area contributed by atoms with Crippen LogP contribution in [0.1, 0.15) is 16.1 Å². The summed E-state index contributed by atoms with van der Waals surface area (Å²) in [5, 5.41) is 2.82. The Labute approximate surface area is 115 Å². The molecule has 2 aromatic heterocycles. The molecule has 1 aromatic carbocycles. The van der Waals surface area contributed by atoms with Crippen LogP contribution in [0.3, 0.4) is 0 Å². The Kier molecular flexibility index (Phi) is 3.01. The monoisotopic (exact) mass is 268 g/mol. The minimum Gasteiger partial charge on any atom is -0.296 e. The summed E-state index contributed by atoms with van der Waals surface area (Å²) in [5.74, 6) is 0. The molecule has 0 atom stereocenters. The molecule has 3 nitrogen and oxygen atoms in total. The van der Waals surface area contributed by atoms with Crippen LogP contribution in [0.2, 0.25) is 0 Å². The molecule has 94 valence electrons. The van der Waals surface area contributed by atoms with Crippen molar-refractivity contribution in [2.24, 2.45) is 0 Å². The second kappa shape index (κ2) is 4.82. The van der Waals surface area contributed by atoms with E-state index in [1.54, 1.807) is 10.6 Å². The molecular weight excluding hydrogens is 256 g/mol. The van der Waals surface area contributed by atoms with E-state index in [2.05, 4.69) is 24.0 Å². The largest absolute Gasteiger partial charge is 0.296 e. The molecule has 0 unspecified atom stereocenters. The SMILES string of the molecule is Cc1cccc(-c2csc(-n3cccc3C=O)n2)c1. The highest BCUT2D eigenvalue weighted by molar-refractivity contribution is 7.12. The third-order valence-electron chi connectivity index (χ3n) is 2.91. The molecule has 0 aliphatic heterocycles. The third kappa shape index (κ3) is 2.22. The molecule has 0 saturated heterocycles. The van der Waals surface area contributed by atoms with Crippen molar-refractivity contribution in [1.82, 2.24) is 9.55 Å². The Bertz CT molecular complexity index is 727. The molecule has 2 heterocycles. The fourth-order valence-electron chi connectivity index (χ4n) is 1.98. The van der Waals surface area contributed by atoms with Crippen molar-refractivity contribution < 1.29 is 4.79 Å². The fourth-order valence-corrected chi connectivity index (χ4v) is 2.81. The predicted octanol–water partition coefficient (Wildman–Crippen LogP) is 3.72. The van der Waals surface area contributed by atoms with E-state index in [-0.39, 0.29) is 0 Å². The number of rotatable bonds is 3. The first-order valence-electron chi connectivity index (χ1n) is 5.93. The number of hydrogen-bond donors (Lipinski definition) is 0. The maximum absolute atomic E-state index is 10.9. The van der Waals surface area contributed by atoms with Crippen LogP contribution in [0.5, 0.6) is 0 Å². The molecule has 0 radical (unpaired) electrons. The molecule has 0 saturated carbocycles. The molecule has 4 heteroatoms. The first-order valence-corrected chi connectivity index (χ1v) is 6.81. The Balaban J connectivity index is 2.02. The smallest absolute Gasteiger partial charge is 0.194 e. The molecule has 3 rings (SSSR count). The lowest BCUT2D eigenvalue weighted by Crippen LogP contribution is -1.96. The number of thiazole rings is 1. The number of hydrogen-bond acceptors (Lipinski definition) is 3. The second-order valence-electron chi connectivity index (χ2n) is 4.31. The average molecular weight is 268 g/mol. The van der Waals surface area contributed by atoms with Crippen LogP contribution in [0.4, 0.5) is 0 Å². The minimum absolute atomic E-state index is 0.616. The summed E-state index contributed by atoms with van der Waals surface area (Å²) >= 11 is 1.53. The van der Waals surface area contributed by atoms with Gasteiger partial charge in [0.1, 0.15) is 0 Å². The van der Waals surface area contributed by atoms with Gasteiger partial charge >= 0.3 is 0 Å². The van der Waals surface area contributed by atoms with Crippen molar-refractivity contribution in [3.8, 4) is 16.4 Å². The van der Waals surface area contributed by atoms with Gasteiger partial charge in [0.25, 0.3) is 0 Å². The van der Waals surface area contributed by atoms with Crippen molar-refractivity contribution >= 4 is 17.6 Å². The van der Waals surface area contributed by atoms with Gasteiger partial charge in [-0.15, -0.1) is 11.3 Å². The van der Waals surface area contributed by atoms with Gasteiger partial charge in [-0.25, -0.2) is 4.98 Å². The number of nitrogens with zero attached hydrogens (tertiary/aromatic N) is 2. The van der Waals surface area contributed by atoms with Gasteiger partial charge in [0.15, 0.2) is 11.4 Å². The molecule has 0 amide bonds. The predicted molar refractivity (Wildman–Crippen MR) is 77.0 cm³/mol. The van der Waals surface area contributed by atoms with E-state index < -0.39 is 0 Å². The normalized spacial score (nSPS) is 10.6. The van der Waals surface area contributed by atoms with E-state index in [0.717, 1.165) is 22.7 Å². The molecule has 19 heavy (non-hydrogen) atoms. The number of carbonyl (C=O) groups is 1. The van der Waals surface area contributed by atoms with Crippen LogP contribution in [0, 0.1) is 6.92 Å². The molecule has 0 fully saturated rings. The van der Waals surface area contributed by atoms with Crippen molar-refractivity contribution in [3.05, 3.63) is 59.2 Å². The zero-order chi connectivity index (χ0) is 13.2. The first-order chi connectivity index (χ1) is 9.28. The van der Waals surface area contributed by atoms with Crippen molar-refractivity contribution in [1.29, 1.82) is 0 Å². The first kappa shape index (κ1) is 11.9. The second-order valence-corrected chi connectivity index (χ2v) is 5.14. The fraction of sp³-hybridized carbons (Fsp3) is 0.0667. The number of aryl methyl sites for hydroxylation is 1. The van der Waals surface area contributed by atoms with Gasteiger partial charge in [0, 0.05) is 17.1 Å². The highest BCUT2D eigenvalue weighted by Crippen LogP contribution is 2.25. The summed E-state index contributed by atoms with van der Waals surface area (Å²) in [6.07, 6.45) is 2.69. The van der Waals surface area contributed by atoms with E-state index in [1.807, 2.05) is 29.8 Å². The zero-order valence-corrected chi connectivity index (χ0v) is 11.2. The van der Waals surface area contributed by atoms with Crippen LogP contribution in [0.25, 0.3) is 16.4 Å². The van der Waals surface area contributed by atoms with Crippen LogP contribution < -0.4 is 0 Å². The van der Waals surface area contributed by atoms with Crippen LogP contribution in [0.15, 0.2) is 48.0 Å². The summed E-state index contributed by atoms with van der Waals surface area (Å²) in [7, 11) is 0. The number of aldehydes is 1. The Morgan fingerprint density at radius 3 is 2.95 bits per heavy atom. The van der Waals surface area contributed by atoms with E-state index in [9.17, 15) is 4.79 Å². The number of aromatic nitrogens is 2. The van der Waals surface area contributed by atoms with Gasteiger partial charge in [-0.1, -0.05) is 23.8 Å². The van der Waals surface area contributed by atoms with E-state index in [4.69, 9.17) is 0 Å². The van der Waals surface area contributed by atoms with E-state index in [1.165, 1.54) is 16.9 Å². The maximum atomic E-state index is 10.9. The lowest BCUT2D eigenvalue weighted by Gasteiger charge is -2.00. The van der Waals surface area contributed by atoms with Gasteiger partial charge in [0.2, 0.25) is 0 Å². The Hall–Kier alpha value is -2.20. The Morgan fingerprint density at radius 2 is 2.16 bits per heavy atom. The quantitative estimate of drug-likeness (QED) is 0.678. The number of benzene rings is 1. The summed E-state index contributed by atoms with van der Waals surface area (Å²) in [5.41, 5.74) is 3.86. The standard InChI is InChI=1S/C15H12N2OS/c1-11-4-2-5-12(8-11)14-10-19-15(16-14)17-7-3-6-13(17)9-18/h2-10H,1H3. The highest BCUT2D eigenvalue weighted by atomic mass is 32.1. The summed E-state index contributed by atoms with van der Waals surface area (Å²) in [4.78, 5) is 15.5. The highest BCUT2D eigenvalue weighted by Gasteiger charge is 2.08. The third-order valence-corrected chi connectivity index (χ3v) is 3.75. The summed E-state index contributed by atoms with van der Waals surface area (Å²) < 4.78 is 1.80. The van der Waals surface area contributed by atoms with Crippen molar-refractivity contribution in [3.63, 3.8) is 0 Å². The van der Waals surface area contributed by atoms with Crippen LogP contribution in [-0.2, 0) is 0 Å². The number of carbonyl (C=O) groups excluding carboxylic acids is 1. The van der Waals surface area contributed by atoms with Crippen molar-refractivity contribution in [2.75, 3.05) is 0 Å². The minimum atomic E-state index is 0.616. The lowest BCUT2D eigenvalue weighted by atomic mass is 10.1. The summed E-state index contributed by atoms with van der Waals surface area (Å²) in [6, 6.07) is 11.9. The van der Waals surface area contributed by atoms with Gasteiger partial charge in [-0.3, -0.25) is 9.36 Å². The van der Waals surface area contributed by atoms with E-state index in [0.29, 0.717) is 5.69 Å². The molecule has 0 spiro atoms. The van der Waals surface area contributed by atoms with E-state index >= 15 is 0 Å². The van der Waals surface area contributed by atoms with Gasteiger partial charge in [0.05, 0.1) is 11.4 Å².